The van der Waals surface area contributed by atoms with Crippen molar-refractivity contribution in [2.75, 3.05) is 49.0 Å². The first kappa shape index (κ1) is 18.9. The van der Waals surface area contributed by atoms with Gasteiger partial charge in [0, 0.05) is 44.3 Å². The van der Waals surface area contributed by atoms with E-state index in [0.29, 0.717) is 42.6 Å². The average molecular weight is 399 g/mol. The van der Waals surface area contributed by atoms with Gasteiger partial charge in [-0.3, -0.25) is 18.7 Å². The smallest absolute Gasteiger partial charge is 0.293 e. The maximum Gasteiger partial charge on any atom is 0.337 e. The maximum absolute atomic E-state index is 13.9. The molecule has 1 aromatic carbocycles. The number of nitrogens with zero attached hydrogens (tertiary/aromatic N) is 3. The van der Waals surface area contributed by atoms with E-state index in [4.69, 9.17) is 34.8 Å². The lowest BCUT2D eigenvalue weighted by molar-refractivity contribution is 0.0868. The molecule has 0 saturated carbocycles. The van der Waals surface area contributed by atoms with Crippen molar-refractivity contribution in [2.24, 2.45) is 0 Å². The molecule has 1 aliphatic heterocycles. The largest absolute Gasteiger partial charge is 0.337 e. The van der Waals surface area contributed by atoms with Gasteiger partial charge < -0.3 is 0 Å². The van der Waals surface area contributed by atoms with Crippen LogP contribution < -0.4 is 4.67 Å². The first-order valence-corrected chi connectivity index (χ1v) is 10.4. The fourth-order valence-corrected chi connectivity index (χ4v) is 6.54. The van der Waals surface area contributed by atoms with E-state index in [2.05, 4.69) is 0 Å². The Balaban J connectivity index is 2.59. The molecule has 1 atom stereocenters. The molecule has 1 aliphatic rings. The third kappa shape index (κ3) is 3.35. The van der Waals surface area contributed by atoms with Crippen LogP contribution in [0.4, 0.5) is 5.69 Å². The molecule has 9 heteroatoms. The third-order valence-corrected chi connectivity index (χ3v) is 7.41. The molecular formula is C14H19Cl3N3O2P. The zero-order valence-electron chi connectivity index (χ0n) is 12.8. The van der Waals surface area contributed by atoms with Crippen molar-refractivity contribution in [3.05, 3.63) is 29.8 Å². The summed E-state index contributed by atoms with van der Waals surface area (Å²) in [4.78, 5) is 12.7. The number of alkyl halides is 3. The van der Waals surface area contributed by atoms with Crippen molar-refractivity contribution in [1.82, 2.24) is 9.34 Å². The lowest BCUT2D eigenvalue weighted by atomic mass is 10.1. The van der Waals surface area contributed by atoms with Gasteiger partial charge in [-0.1, -0.05) is 12.1 Å². The van der Waals surface area contributed by atoms with Gasteiger partial charge in [-0.25, -0.2) is 4.67 Å². The Kier molecular flexibility index (Phi) is 6.64. The van der Waals surface area contributed by atoms with E-state index >= 15 is 0 Å². The van der Waals surface area contributed by atoms with Gasteiger partial charge in [0.1, 0.15) is 0 Å². The van der Waals surface area contributed by atoms with Crippen LogP contribution in [0.1, 0.15) is 10.4 Å². The van der Waals surface area contributed by atoms with E-state index in [0.717, 1.165) is 0 Å². The van der Waals surface area contributed by atoms with Crippen LogP contribution in [0.25, 0.3) is 0 Å². The Morgan fingerprint density at radius 2 is 1.70 bits per heavy atom. The Morgan fingerprint density at radius 3 is 2.26 bits per heavy atom. The maximum atomic E-state index is 13.9. The zero-order valence-corrected chi connectivity index (χ0v) is 16.0. The molecule has 1 aromatic rings. The Hall–Kier alpha value is -0.450. The Morgan fingerprint density at radius 1 is 1.09 bits per heavy atom. The number of anilines is 1. The Bertz CT molecular complexity index is 611. The molecule has 1 heterocycles. The van der Waals surface area contributed by atoms with Crippen LogP contribution in [0, 0.1) is 0 Å². The number of carbonyl (C=O) groups excluding carboxylic acids is 1. The van der Waals surface area contributed by atoms with Gasteiger partial charge in [0.2, 0.25) is 0 Å². The molecule has 0 fully saturated rings. The summed E-state index contributed by atoms with van der Waals surface area (Å²) in [5, 5.41) is 0. The zero-order chi connectivity index (χ0) is 17.0. The molecule has 0 N–H and O–H groups in total. The summed E-state index contributed by atoms with van der Waals surface area (Å²) in [7, 11) is -1.81. The van der Waals surface area contributed by atoms with Crippen molar-refractivity contribution in [3.8, 4) is 0 Å². The summed E-state index contributed by atoms with van der Waals surface area (Å²) >= 11 is 17.7. The van der Waals surface area contributed by atoms with E-state index in [1.807, 2.05) is 6.07 Å². The van der Waals surface area contributed by atoms with Crippen molar-refractivity contribution in [1.29, 1.82) is 0 Å². The van der Waals surface area contributed by atoms with E-state index in [9.17, 15) is 9.36 Å². The van der Waals surface area contributed by atoms with E-state index in [1.54, 1.807) is 34.6 Å². The number of amides is 1. The summed E-state index contributed by atoms with van der Waals surface area (Å²) < 4.78 is 18.6. The number of halogens is 3. The predicted molar refractivity (Wildman–Crippen MR) is 97.2 cm³/mol. The molecule has 0 radical (unpaired) electrons. The minimum Gasteiger partial charge on any atom is -0.293 e. The minimum absolute atomic E-state index is 0.274. The molecule has 1 unspecified atom stereocenters. The SMILES string of the molecule is CN1C(=O)c2ccccc2N(CCCl)P1(=O)N(CCCl)CCCl. The van der Waals surface area contributed by atoms with Gasteiger partial charge in [-0.05, 0) is 12.1 Å². The first-order valence-electron chi connectivity index (χ1n) is 7.21. The second kappa shape index (κ2) is 8.09. The third-order valence-electron chi connectivity index (χ3n) is 3.76. The first-order chi connectivity index (χ1) is 11.0. The number of fused-ring (bicyclic) bond motifs is 1. The molecule has 0 spiro atoms. The van der Waals surface area contributed by atoms with Crippen LogP contribution in [-0.4, -0.2) is 59.6 Å². The highest BCUT2D eigenvalue weighted by Gasteiger charge is 2.48. The molecule has 2 rings (SSSR count). The lowest BCUT2D eigenvalue weighted by Gasteiger charge is -2.47. The second-order valence-electron chi connectivity index (χ2n) is 5.00. The molecule has 0 aromatic heterocycles. The highest BCUT2D eigenvalue weighted by molar-refractivity contribution is 7.61. The van der Waals surface area contributed by atoms with Crippen molar-refractivity contribution >= 4 is 54.0 Å². The van der Waals surface area contributed by atoms with Crippen LogP contribution in [-0.2, 0) is 4.57 Å². The summed E-state index contributed by atoms with van der Waals surface area (Å²) in [6.45, 7) is 1.09. The van der Waals surface area contributed by atoms with Gasteiger partial charge in [-0.15, -0.1) is 34.8 Å². The number of hydrogen-bond acceptors (Lipinski definition) is 2. The predicted octanol–water partition coefficient (Wildman–Crippen LogP) is 3.71. The number of para-hydroxylation sites is 1. The molecule has 23 heavy (non-hydrogen) atoms. The number of benzene rings is 1. The van der Waals surface area contributed by atoms with Crippen LogP contribution in [0.3, 0.4) is 0 Å². The highest BCUT2D eigenvalue weighted by atomic mass is 35.5. The summed E-state index contributed by atoms with van der Waals surface area (Å²) in [5.41, 5.74) is 1.15. The molecular weight excluding hydrogens is 380 g/mol. The fourth-order valence-electron chi connectivity index (χ4n) is 2.72. The summed E-state index contributed by atoms with van der Waals surface area (Å²) in [5.74, 6) is 0.595. The minimum atomic E-state index is -3.37. The molecule has 0 bridgehead atoms. The number of hydrogen-bond donors (Lipinski definition) is 0. The standard InChI is InChI=1S/C14H19Cl3N3O2P/c1-18-14(21)12-4-2-3-5-13(12)20(11-8-17)23(18,22)19(9-6-15)10-7-16/h2-5H,6-11H2,1H3. The molecule has 128 valence electrons. The van der Waals surface area contributed by atoms with E-state index < -0.39 is 7.59 Å². The van der Waals surface area contributed by atoms with E-state index in [1.165, 1.54) is 4.67 Å². The van der Waals surface area contributed by atoms with Crippen molar-refractivity contribution in [2.45, 2.75) is 0 Å². The summed E-state index contributed by atoms with van der Waals surface area (Å²) in [6.07, 6.45) is 0. The van der Waals surface area contributed by atoms with Crippen LogP contribution in [0.15, 0.2) is 24.3 Å². The number of carbonyl (C=O) groups is 1. The van der Waals surface area contributed by atoms with Gasteiger partial charge in [-0.2, -0.15) is 0 Å². The molecule has 0 aliphatic carbocycles. The second-order valence-corrected chi connectivity index (χ2v) is 8.81. The lowest BCUT2D eigenvalue weighted by Crippen LogP contribution is -2.47. The van der Waals surface area contributed by atoms with E-state index in [-0.39, 0.29) is 11.8 Å². The highest BCUT2D eigenvalue weighted by Crippen LogP contribution is 2.61. The topological polar surface area (TPSA) is 43.9 Å². The molecule has 0 saturated heterocycles. The molecule has 1 amide bonds. The number of rotatable bonds is 7. The fraction of sp³-hybridized carbons (Fsp3) is 0.500. The van der Waals surface area contributed by atoms with Crippen LogP contribution in [0.2, 0.25) is 0 Å². The van der Waals surface area contributed by atoms with Gasteiger partial charge in [0.15, 0.2) is 0 Å². The molecule has 5 nitrogen and oxygen atoms in total. The average Bonchev–Trinajstić information content (AvgIpc) is 2.56. The van der Waals surface area contributed by atoms with Gasteiger partial charge in [0.05, 0.1) is 11.3 Å². The normalized spacial score (nSPS) is 21.0. The van der Waals surface area contributed by atoms with Gasteiger partial charge in [0.25, 0.3) is 5.91 Å². The van der Waals surface area contributed by atoms with Crippen molar-refractivity contribution in [3.63, 3.8) is 0 Å². The quantitative estimate of drug-likeness (QED) is 0.519. The van der Waals surface area contributed by atoms with Crippen LogP contribution in [0.5, 0.6) is 0 Å². The summed E-state index contributed by atoms with van der Waals surface area (Å²) in [6, 6.07) is 7.12. The Labute approximate surface area is 151 Å². The van der Waals surface area contributed by atoms with Gasteiger partial charge >= 0.3 is 7.59 Å². The van der Waals surface area contributed by atoms with Crippen molar-refractivity contribution < 1.29 is 9.36 Å². The monoisotopic (exact) mass is 397 g/mol. The van der Waals surface area contributed by atoms with Crippen LogP contribution >= 0.6 is 42.4 Å².